The van der Waals surface area contributed by atoms with E-state index < -0.39 is 0 Å². The Labute approximate surface area is 120 Å². The molecule has 0 bridgehead atoms. The quantitative estimate of drug-likeness (QED) is 0.552. The van der Waals surface area contributed by atoms with Gasteiger partial charge in [-0.1, -0.05) is 0 Å². The van der Waals surface area contributed by atoms with Gasteiger partial charge in [-0.3, -0.25) is 4.79 Å². The predicted octanol–water partition coefficient (Wildman–Crippen LogP) is 0.487. The van der Waals surface area contributed by atoms with E-state index in [1.165, 1.54) is 6.33 Å². The number of hydrogen-bond donors (Lipinski definition) is 3. The molecular weight excluding hydrogens is 312 g/mol. The largest absolute Gasteiger partial charge is 0.359 e. The molecule has 4 N–H and O–H groups in total. The Morgan fingerprint density at radius 2 is 2.37 bits per heavy atom. The van der Waals surface area contributed by atoms with E-state index in [9.17, 15) is 4.79 Å². The van der Waals surface area contributed by atoms with Crippen molar-refractivity contribution >= 4 is 33.5 Å². The molecule has 104 valence electrons. The first-order valence-electron chi connectivity index (χ1n) is 6.11. The second-order valence-electron chi connectivity index (χ2n) is 4.40. The molecule has 0 aliphatic carbocycles. The highest BCUT2D eigenvalue weighted by atomic mass is 79.9. The maximum atomic E-state index is 11.7. The minimum atomic E-state index is -0.00472. The summed E-state index contributed by atoms with van der Waals surface area (Å²) in [5.74, 6) is 6.76. The number of nitrogen functional groups attached to an aromatic ring is 1. The van der Waals surface area contributed by atoms with E-state index in [2.05, 4.69) is 41.5 Å². The lowest BCUT2D eigenvalue weighted by molar-refractivity contribution is -0.124. The van der Waals surface area contributed by atoms with Gasteiger partial charge in [0.05, 0.1) is 5.92 Å². The molecule has 0 aromatic carbocycles. The number of nitrogens with two attached hydrogens (primary N) is 1. The molecule has 19 heavy (non-hydrogen) atoms. The van der Waals surface area contributed by atoms with Crippen LogP contribution in [0.15, 0.2) is 10.8 Å². The number of rotatable bonds is 3. The summed E-state index contributed by atoms with van der Waals surface area (Å²) in [5, 5.41) is 2.70. The molecule has 1 unspecified atom stereocenters. The molecule has 8 heteroatoms. The number of nitrogens with one attached hydrogen (secondary N) is 2. The second-order valence-corrected chi connectivity index (χ2v) is 5.20. The van der Waals surface area contributed by atoms with Crippen molar-refractivity contribution in [1.82, 2.24) is 15.3 Å². The Hall–Kier alpha value is -1.41. The molecule has 2 rings (SSSR count). The highest BCUT2D eigenvalue weighted by Crippen LogP contribution is 2.31. The average molecular weight is 329 g/mol. The number of aromatic nitrogens is 2. The molecule has 1 amide bonds. The van der Waals surface area contributed by atoms with Gasteiger partial charge in [-0.25, -0.2) is 15.8 Å². The zero-order valence-corrected chi connectivity index (χ0v) is 12.3. The van der Waals surface area contributed by atoms with Gasteiger partial charge in [0.25, 0.3) is 0 Å². The van der Waals surface area contributed by atoms with Crippen LogP contribution in [0.2, 0.25) is 0 Å². The summed E-state index contributed by atoms with van der Waals surface area (Å²) in [7, 11) is 1.67. The van der Waals surface area contributed by atoms with Gasteiger partial charge in [-0.05, 0) is 28.8 Å². The van der Waals surface area contributed by atoms with Gasteiger partial charge >= 0.3 is 0 Å². The molecule has 1 aromatic rings. The van der Waals surface area contributed by atoms with Crippen molar-refractivity contribution in [2.75, 3.05) is 30.5 Å². The third-order valence-electron chi connectivity index (χ3n) is 3.25. The molecule has 1 aliphatic heterocycles. The van der Waals surface area contributed by atoms with Crippen molar-refractivity contribution in [3.63, 3.8) is 0 Å². The normalized spacial score (nSPS) is 19.1. The number of carbonyl (C=O) groups excluding carboxylic acids is 1. The maximum Gasteiger partial charge on any atom is 0.224 e. The second kappa shape index (κ2) is 6.16. The fourth-order valence-electron chi connectivity index (χ4n) is 2.27. The third-order valence-corrected chi connectivity index (χ3v) is 3.98. The monoisotopic (exact) mass is 328 g/mol. The molecule has 0 radical (unpaired) electrons. The third kappa shape index (κ3) is 2.95. The number of piperidine rings is 1. The minimum absolute atomic E-state index is 0.00472. The summed E-state index contributed by atoms with van der Waals surface area (Å²) in [6, 6.07) is 0. The topological polar surface area (TPSA) is 96.2 Å². The summed E-state index contributed by atoms with van der Waals surface area (Å²) in [6.07, 6.45) is 3.32. The van der Waals surface area contributed by atoms with Gasteiger partial charge in [-0.2, -0.15) is 0 Å². The Balaban J connectivity index is 2.20. The van der Waals surface area contributed by atoms with Crippen molar-refractivity contribution in [3.05, 3.63) is 10.8 Å². The van der Waals surface area contributed by atoms with Crippen LogP contribution in [-0.2, 0) is 4.79 Å². The van der Waals surface area contributed by atoms with Crippen LogP contribution in [0, 0.1) is 5.92 Å². The van der Waals surface area contributed by atoms with Crippen LogP contribution < -0.4 is 21.5 Å². The number of hydrazine groups is 1. The minimum Gasteiger partial charge on any atom is -0.359 e. The fourth-order valence-corrected chi connectivity index (χ4v) is 2.84. The highest BCUT2D eigenvalue weighted by molar-refractivity contribution is 9.10. The molecule has 1 fully saturated rings. The van der Waals surface area contributed by atoms with Crippen LogP contribution >= 0.6 is 15.9 Å². The zero-order chi connectivity index (χ0) is 13.8. The zero-order valence-electron chi connectivity index (χ0n) is 10.7. The van der Waals surface area contributed by atoms with E-state index in [0.717, 1.165) is 29.7 Å². The molecular formula is C11H17BrN6O. The van der Waals surface area contributed by atoms with Crippen LogP contribution in [0.5, 0.6) is 0 Å². The first kappa shape index (κ1) is 14.0. The van der Waals surface area contributed by atoms with Gasteiger partial charge in [0, 0.05) is 20.1 Å². The fraction of sp³-hybridized carbons (Fsp3) is 0.545. The number of halogens is 1. The van der Waals surface area contributed by atoms with Gasteiger partial charge < -0.3 is 15.6 Å². The molecule has 1 aromatic heterocycles. The number of hydrogen-bond acceptors (Lipinski definition) is 6. The van der Waals surface area contributed by atoms with Gasteiger partial charge in [0.2, 0.25) is 5.91 Å². The molecule has 2 heterocycles. The number of amides is 1. The Morgan fingerprint density at radius 1 is 1.58 bits per heavy atom. The van der Waals surface area contributed by atoms with E-state index in [1.807, 2.05) is 0 Å². The van der Waals surface area contributed by atoms with Gasteiger partial charge in [0.15, 0.2) is 5.82 Å². The Bertz CT molecular complexity index is 468. The Morgan fingerprint density at radius 3 is 3.05 bits per heavy atom. The van der Waals surface area contributed by atoms with Crippen LogP contribution in [-0.4, -0.2) is 36.0 Å². The van der Waals surface area contributed by atoms with E-state index in [4.69, 9.17) is 5.84 Å². The number of anilines is 2. The lowest BCUT2D eigenvalue weighted by atomic mass is 9.97. The van der Waals surface area contributed by atoms with Crippen molar-refractivity contribution in [1.29, 1.82) is 0 Å². The molecule has 1 saturated heterocycles. The molecule has 0 saturated carbocycles. The van der Waals surface area contributed by atoms with E-state index >= 15 is 0 Å². The first-order chi connectivity index (χ1) is 9.17. The molecule has 1 atom stereocenters. The van der Waals surface area contributed by atoms with E-state index in [0.29, 0.717) is 12.4 Å². The summed E-state index contributed by atoms with van der Waals surface area (Å²) in [4.78, 5) is 22.1. The standard InChI is InChI=1S/C11H17BrN6O/c1-14-11(19)7-3-2-4-18(5-7)10-8(12)9(17-13)15-6-16-10/h6-7H,2-5,13H2,1H3,(H,14,19)(H,15,16,17). The summed E-state index contributed by atoms with van der Waals surface area (Å²) in [5.41, 5.74) is 2.52. The molecule has 7 nitrogen and oxygen atoms in total. The summed E-state index contributed by atoms with van der Waals surface area (Å²) >= 11 is 3.44. The maximum absolute atomic E-state index is 11.7. The van der Waals surface area contributed by atoms with Crippen molar-refractivity contribution in [2.24, 2.45) is 11.8 Å². The van der Waals surface area contributed by atoms with Crippen molar-refractivity contribution < 1.29 is 4.79 Å². The van der Waals surface area contributed by atoms with Crippen LogP contribution in [0.25, 0.3) is 0 Å². The molecule has 1 aliphatic rings. The average Bonchev–Trinajstić information content (AvgIpc) is 2.46. The van der Waals surface area contributed by atoms with Crippen molar-refractivity contribution in [3.8, 4) is 0 Å². The summed E-state index contributed by atoms with van der Waals surface area (Å²) in [6.45, 7) is 1.52. The highest BCUT2D eigenvalue weighted by Gasteiger charge is 2.27. The summed E-state index contributed by atoms with van der Waals surface area (Å²) < 4.78 is 0.718. The van der Waals surface area contributed by atoms with E-state index in [1.54, 1.807) is 7.05 Å². The van der Waals surface area contributed by atoms with Gasteiger partial charge in [-0.15, -0.1) is 0 Å². The van der Waals surface area contributed by atoms with Crippen LogP contribution in [0.1, 0.15) is 12.8 Å². The number of carbonyl (C=O) groups is 1. The van der Waals surface area contributed by atoms with Crippen LogP contribution in [0.4, 0.5) is 11.6 Å². The first-order valence-corrected chi connectivity index (χ1v) is 6.90. The molecule has 0 spiro atoms. The van der Waals surface area contributed by atoms with Gasteiger partial charge in [0.1, 0.15) is 16.6 Å². The number of nitrogens with zero attached hydrogens (tertiary/aromatic N) is 3. The van der Waals surface area contributed by atoms with Crippen LogP contribution in [0.3, 0.4) is 0 Å². The van der Waals surface area contributed by atoms with Crippen molar-refractivity contribution in [2.45, 2.75) is 12.8 Å². The lowest BCUT2D eigenvalue weighted by Crippen LogP contribution is -2.42. The predicted molar refractivity (Wildman–Crippen MR) is 76.5 cm³/mol. The smallest absolute Gasteiger partial charge is 0.224 e. The van der Waals surface area contributed by atoms with E-state index in [-0.39, 0.29) is 11.8 Å². The SMILES string of the molecule is CNC(=O)C1CCCN(c2ncnc(NN)c2Br)C1. The lowest BCUT2D eigenvalue weighted by Gasteiger charge is -2.33. The Kier molecular flexibility index (Phi) is 4.54.